The lowest BCUT2D eigenvalue weighted by atomic mass is 10.3. The van der Waals surface area contributed by atoms with Crippen LogP contribution in [0.3, 0.4) is 0 Å². The number of aromatic nitrogens is 1. The maximum atomic E-state index is 10.5. The topological polar surface area (TPSA) is 61.4 Å². The van der Waals surface area contributed by atoms with Crippen LogP contribution in [0.5, 0.6) is 0 Å². The van der Waals surface area contributed by atoms with E-state index in [9.17, 15) is 4.57 Å². The van der Waals surface area contributed by atoms with Gasteiger partial charge in [0.15, 0.2) is 12.4 Å². The van der Waals surface area contributed by atoms with Crippen LogP contribution in [0.25, 0.3) is 0 Å². The van der Waals surface area contributed by atoms with E-state index >= 15 is 0 Å². The fourth-order valence-corrected chi connectivity index (χ4v) is 1.83. The van der Waals surface area contributed by atoms with E-state index < -0.39 is 7.60 Å². The first kappa shape index (κ1) is 11.4. The van der Waals surface area contributed by atoms with E-state index in [1.54, 1.807) is 0 Å². The second kappa shape index (κ2) is 5.25. The number of aryl methyl sites for hydroxylation is 1. The van der Waals surface area contributed by atoms with Crippen molar-refractivity contribution in [3.05, 3.63) is 30.6 Å². The van der Waals surface area contributed by atoms with Crippen molar-refractivity contribution < 1.29 is 18.9 Å². The molecule has 0 fully saturated rings. The number of rotatable bonds is 5. The van der Waals surface area contributed by atoms with Crippen LogP contribution in [-0.4, -0.2) is 15.9 Å². The number of pyridine rings is 1. The Balaban J connectivity index is 2.20. The second-order valence-corrected chi connectivity index (χ2v) is 4.99. The van der Waals surface area contributed by atoms with E-state index in [0.717, 1.165) is 13.0 Å². The molecule has 0 aliphatic carbocycles. The van der Waals surface area contributed by atoms with Crippen LogP contribution in [0.1, 0.15) is 12.8 Å². The van der Waals surface area contributed by atoms with Gasteiger partial charge in [-0.2, -0.15) is 0 Å². The monoisotopic (exact) mass is 216 g/mol. The Bertz CT molecular complexity index is 309. The second-order valence-electron chi connectivity index (χ2n) is 3.21. The summed E-state index contributed by atoms with van der Waals surface area (Å²) in [5.74, 6) is 0. The SMILES string of the molecule is O=P(O)(O)CCCC[n+]1ccccc1. The summed E-state index contributed by atoms with van der Waals surface area (Å²) in [5, 5.41) is 0. The first-order chi connectivity index (χ1) is 6.58. The lowest BCUT2D eigenvalue weighted by Crippen LogP contribution is -2.32. The zero-order valence-corrected chi connectivity index (χ0v) is 8.81. The van der Waals surface area contributed by atoms with Crippen molar-refractivity contribution in [2.24, 2.45) is 0 Å². The summed E-state index contributed by atoms with van der Waals surface area (Å²) in [7, 11) is -3.80. The Kier molecular flexibility index (Phi) is 4.26. The summed E-state index contributed by atoms with van der Waals surface area (Å²) < 4.78 is 12.5. The fourth-order valence-electron chi connectivity index (χ4n) is 1.20. The summed E-state index contributed by atoms with van der Waals surface area (Å²) in [6.07, 6.45) is 5.22. The molecule has 0 saturated carbocycles. The number of hydrogen-bond donors (Lipinski definition) is 2. The molecule has 0 atom stereocenters. The summed E-state index contributed by atoms with van der Waals surface area (Å²) in [6.45, 7) is 0.806. The summed E-state index contributed by atoms with van der Waals surface area (Å²) in [6, 6.07) is 5.80. The van der Waals surface area contributed by atoms with Gasteiger partial charge in [0.1, 0.15) is 6.54 Å². The molecule has 0 saturated heterocycles. The van der Waals surface area contributed by atoms with Crippen molar-refractivity contribution in [3.63, 3.8) is 0 Å². The molecule has 1 heterocycles. The van der Waals surface area contributed by atoms with E-state index in [4.69, 9.17) is 9.79 Å². The van der Waals surface area contributed by atoms with Gasteiger partial charge < -0.3 is 9.79 Å². The zero-order chi connectivity index (χ0) is 10.4. The number of nitrogens with zero attached hydrogens (tertiary/aromatic N) is 1. The zero-order valence-electron chi connectivity index (χ0n) is 7.91. The van der Waals surface area contributed by atoms with Gasteiger partial charge in [-0.05, 0) is 6.42 Å². The normalized spacial score (nSPS) is 11.6. The molecule has 14 heavy (non-hydrogen) atoms. The molecule has 0 aliphatic heterocycles. The molecular formula is C9H15NO3P+. The molecule has 78 valence electrons. The van der Waals surface area contributed by atoms with E-state index in [2.05, 4.69) is 0 Å². The van der Waals surface area contributed by atoms with Crippen molar-refractivity contribution in [2.75, 3.05) is 6.16 Å². The molecule has 0 aliphatic rings. The molecule has 4 nitrogen and oxygen atoms in total. The van der Waals surface area contributed by atoms with Crippen LogP contribution >= 0.6 is 7.60 Å². The van der Waals surface area contributed by atoms with Gasteiger partial charge in [-0.25, -0.2) is 4.57 Å². The number of unbranched alkanes of at least 4 members (excludes halogenated alkanes) is 1. The quantitative estimate of drug-likeness (QED) is 0.437. The highest BCUT2D eigenvalue weighted by atomic mass is 31.2. The highest BCUT2D eigenvalue weighted by Crippen LogP contribution is 2.35. The van der Waals surface area contributed by atoms with Crippen molar-refractivity contribution in [2.45, 2.75) is 19.4 Å². The molecule has 5 heteroatoms. The Morgan fingerprint density at radius 3 is 2.29 bits per heavy atom. The molecular weight excluding hydrogens is 201 g/mol. The van der Waals surface area contributed by atoms with Crippen LogP contribution in [0.15, 0.2) is 30.6 Å². The average molecular weight is 216 g/mol. The van der Waals surface area contributed by atoms with Crippen LogP contribution in [0, 0.1) is 0 Å². The predicted molar refractivity (Wildman–Crippen MR) is 52.8 cm³/mol. The molecule has 0 unspecified atom stereocenters. The minimum atomic E-state index is -3.80. The van der Waals surface area contributed by atoms with Gasteiger partial charge in [0.05, 0.1) is 6.16 Å². The first-order valence-electron chi connectivity index (χ1n) is 4.56. The van der Waals surface area contributed by atoms with E-state index in [1.165, 1.54) is 0 Å². The smallest absolute Gasteiger partial charge is 0.324 e. The van der Waals surface area contributed by atoms with E-state index in [0.29, 0.717) is 6.42 Å². The van der Waals surface area contributed by atoms with E-state index in [1.807, 2.05) is 35.2 Å². The standard InChI is InChI=1S/C9H14NO3P/c11-14(12,13)9-5-4-8-10-6-2-1-3-7-10/h1-3,6-7H,4-5,8-9H2,(H-,11,12,13)/p+1. The Hall–Kier alpha value is -0.700. The lowest BCUT2D eigenvalue weighted by molar-refractivity contribution is -0.697. The molecule has 1 aromatic rings. The first-order valence-corrected chi connectivity index (χ1v) is 6.36. The van der Waals surface area contributed by atoms with Crippen molar-refractivity contribution in [1.29, 1.82) is 0 Å². The third-order valence-electron chi connectivity index (χ3n) is 1.89. The minimum Gasteiger partial charge on any atom is -0.324 e. The third-order valence-corrected chi connectivity index (χ3v) is 2.79. The van der Waals surface area contributed by atoms with E-state index in [-0.39, 0.29) is 6.16 Å². The largest absolute Gasteiger partial charge is 0.325 e. The molecule has 0 amide bonds. The van der Waals surface area contributed by atoms with Crippen molar-refractivity contribution >= 4 is 7.60 Å². The van der Waals surface area contributed by atoms with Gasteiger partial charge in [0, 0.05) is 18.6 Å². The molecule has 0 radical (unpaired) electrons. The molecule has 0 bridgehead atoms. The number of hydrogen-bond acceptors (Lipinski definition) is 1. The van der Waals surface area contributed by atoms with Gasteiger partial charge in [-0.3, -0.25) is 4.57 Å². The van der Waals surface area contributed by atoms with Crippen LogP contribution in [-0.2, 0) is 11.1 Å². The van der Waals surface area contributed by atoms with Gasteiger partial charge in [0.25, 0.3) is 0 Å². The third kappa shape index (κ3) is 5.12. The maximum absolute atomic E-state index is 10.5. The minimum absolute atomic E-state index is 0.0135. The van der Waals surface area contributed by atoms with Gasteiger partial charge >= 0.3 is 7.60 Å². The molecule has 0 aromatic carbocycles. The van der Waals surface area contributed by atoms with Crippen molar-refractivity contribution in [1.82, 2.24) is 0 Å². The summed E-state index contributed by atoms with van der Waals surface area (Å²) >= 11 is 0. The predicted octanol–water partition coefficient (Wildman–Crippen LogP) is 0.932. The fraction of sp³-hybridized carbons (Fsp3) is 0.444. The lowest BCUT2D eigenvalue weighted by Gasteiger charge is -2.01. The summed E-state index contributed by atoms with van der Waals surface area (Å²) in [4.78, 5) is 17.2. The Labute approximate surface area is 83.4 Å². The van der Waals surface area contributed by atoms with Crippen molar-refractivity contribution in [3.8, 4) is 0 Å². The van der Waals surface area contributed by atoms with Crippen LogP contribution < -0.4 is 4.57 Å². The van der Waals surface area contributed by atoms with Gasteiger partial charge in [-0.1, -0.05) is 6.07 Å². The highest BCUT2D eigenvalue weighted by molar-refractivity contribution is 7.51. The highest BCUT2D eigenvalue weighted by Gasteiger charge is 2.11. The summed E-state index contributed by atoms with van der Waals surface area (Å²) in [5.41, 5.74) is 0. The van der Waals surface area contributed by atoms with Crippen LogP contribution in [0.2, 0.25) is 0 Å². The van der Waals surface area contributed by atoms with Gasteiger partial charge in [0.2, 0.25) is 0 Å². The van der Waals surface area contributed by atoms with Crippen LogP contribution in [0.4, 0.5) is 0 Å². The molecule has 1 rings (SSSR count). The molecule has 2 N–H and O–H groups in total. The average Bonchev–Trinajstić information content (AvgIpc) is 2.13. The maximum Gasteiger partial charge on any atom is 0.325 e. The molecule has 1 aromatic heterocycles. The Morgan fingerprint density at radius 2 is 1.71 bits per heavy atom. The van der Waals surface area contributed by atoms with Gasteiger partial charge in [-0.15, -0.1) is 0 Å². The molecule has 0 spiro atoms. The Morgan fingerprint density at radius 1 is 1.07 bits per heavy atom.